The van der Waals surface area contributed by atoms with Crippen molar-refractivity contribution in [1.82, 2.24) is 9.97 Å². The molecule has 2 unspecified atom stereocenters. The van der Waals surface area contributed by atoms with Crippen LogP contribution in [0, 0.1) is 17.6 Å². The second-order valence-electron chi connectivity index (χ2n) is 7.73. The Hall–Kier alpha value is -2.96. The van der Waals surface area contributed by atoms with Gasteiger partial charge in [0.05, 0.1) is 12.6 Å². The number of halogens is 2. The lowest BCUT2D eigenvalue weighted by molar-refractivity contribution is 0.198. The molecule has 0 spiro atoms. The van der Waals surface area contributed by atoms with E-state index in [1.54, 1.807) is 36.9 Å². The van der Waals surface area contributed by atoms with Gasteiger partial charge in [0.25, 0.3) is 0 Å². The van der Waals surface area contributed by atoms with Crippen molar-refractivity contribution in [3.63, 3.8) is 0 Å². The topological polar surface area (TPSA) is 59.7 Å². The molecule has 0 aliphatic heterocycles. The molecule has 2 atom stereocenters. The van der Waals surface area contributed by atoms with E-state index in [1.165, 1.54) is 6.07 Å². The summed E-state index contributed by atoms with van der Waals surface area (Å²) in [6, 6.07) is 4.67. The summed E-state index contributed by atoms with van der Waals surface area (Å²) in [7, 11) is 0. The molecule has 5 nitrogen and oxygen atoms in total. The van der Waals surface area contributed by atoms with E-state index in [4.69, 9.17) is 4.74 Å². The first-order chi connectivity index (χ1) is 14.7. The molecule has 2 fully saturated rings. The fourth-order valence-electron chi connectivity index (χ4n) is 3.98. The maximum Gasteiger partial charge on any atom is 0.200 e. The van der Waals surface area contributed by atoms with Crippen LogP contribution in [0.1, 0.15) is 49.4 Å². The maximum absolute atomic E-state index is 14.3. The molecule has 0 saturated heterocycles. The van der Waals surface area contributed by atoms with Gasteiger partial charge in [-0.05, 0) is 80.0 Å². The molecule has 30 heavy (non-hydrogen) atoms. The average Bonchev–Trinajstić information content (AvgIpc) is 3.39. The number of allylic oxidation sites excluding steroid dienone is 1. The highest BCUT2D eigenvalue weighted by Crippen LogP contribution is 2.52. The van der Waals surface area contributed by atoms with Crippen LogP contribution in [0.4, 0.5) is 8.78 Å². The largest absolute Gasteiger partial charge is 0.487 e. The van der Waals surface area contributed by atoms with Crippen molar-refractivity contribution >= 4 is 12.9 Å². The number of aliphatic imine (C=N–C) groups is 2. The fraction of sp³-hybridized carbons (Fsp3) is 0.391. The van der Waals surface area contributed by atoms with Crippen molar-refractivity contribution in [2.45, 2.75) is 50.7 Å². The zero-order chi connectivity index (χ0) is 20.9. The number of rotatable bonds is 8. The van der Waals surface area contributed by atoms with E-state index >= 15 is 0 Å². The minimum Gasteiger partial charge on any atom is -0.487 e. The van der Waals surface area contributed by atoms with E-state index in [0.29, 0.717) is 12.4 Å². The van der Waals surface area contributed by atoms with Gasteiger partial charge in [-0.2, -0.15) is 4.39 Å². The summed E-state index contributed by atoms with van der Waals surface area (Å²) in [5.41, 5.74) is 1.63. The second-order valence-corrected chi connectivity index (χ2v) is 7.73. The van der Waals surface area contributed by atoms with Gasteiger partial charge >= 0.3 is 0 Å². The number of nitrogens with zero attached hydrogens (tertiary/aromatic N) is 4. The van der Waals surface area contributed by atoms with Crippen LogP contribution in [0.5, 0.6) is 5.75 Å². The Morgan fingerprint density at radius 1 is 1.20 bits per heavy atom. The third kappa shape index (κ3) is 4.78. The van der Waals surface area contributed by atoms with Gasteiger partial charge in [0.15, 0.2) is 11.6 Å². The van der Waals surface area contributed by atoms with Gasteiger partial charge in [-0.1, -0.05) is 0 Å². The molecule has 2 aromatic rings. The van der Waals surface area contributed by atoms with E-state index in [-0.39, 0.29) is 23.7 Å². The van der Waals surface area contributed by atoms with E-state index in [2.05, 4.69) is 26.7 Å². The molecule has 7 heteroatoms. The summed E-state index contributed by atoms with van der Waals surface area (Å²) in [4.78, 5) is 16.6. The Bertz CT molecular complexity index is 955. The summed E-state index contributed by atoms with van der Waals surface area (Å²) in [6.45, 7) is 3.89. The van der Waals surface area contributed by atoms with Crippen molar-refractivity contribution in [3.05, 3.63) is 65.4 Å². The number of hydrogen-bond donors (Lipinski definition) is 0. The van der Waals surface area contributed by atoms with E-state index in [1.807, 2.05) is 0 Å². The molecule has 2 aliphatic carbocycles. The minimum absolute atomic E-state index is 0.0184. The fourth-order valence-corrected chi connectivity index (χ4v) is 3.98. The van der Waals surface area contributed by atoms with E-state index in [0.717, 1.165) is 43.2 Å². The summed E-state index contributed by atoms with van der Waals surface area (Å²) in [5, 5.41) is 0. The molecule has 0 amide bonds. The van der Waals surface area contributed by atoms with Gasteiger partial charge in [-0.15, -0.1) is 0 Å². The number of benzene rings is 1. The summed E-state index contributed by atoms with van der Waals surface area (Å²) in [6.07, 6.45) is 11.4. The lowest BCUT2D eigenvalue weighted by Gasteiger charge is -2.15. The molecule has 1 heterocycles. The minimum atomic E-state index is -0.907. The molecule has 1 aromatic carbocycles. The number of ether oxygens (including phenoxy) is 1. The normalized spacial score (nSPS) is 21.9. The molecule has 0 N–H and O–H groups in total. The highest BCUT2D eigenvalue weighted by atomic mass is 19.2. The van der Waals surface area contributed by atoms with Gasteiger partial charge in [-0.3, -0.25) is 9.98 Å². The molecule has 0 bridgehead atoms. The highest BCUT2D eigenvalue weighted by molar-refractivity contribution is 5.80. The van der Waals surface area contributed by atoms with Crippen molar-refractivity contribution < 1.29 is 13.5 Å². The van der Waals surface area contributed by atoms with Crippen LogP contribution in [-0.2, 0) is 6.54 Å². The Labute approximate surface area is 174 Å². The van der Waals surface area contributed by atoms with Crippen LogP contribution in [0.3, 0.4) is 0 Å². The van der Waals surface area contributed by atoms with Gasteiger partial charge in [-0.25, -0.2) is 14.4 Å². The molecule has 1 aromatic heterocycles. The van der Waals surface area contributed by atoms with Crippen molar-refractivity contribution in [2.24, 2.45) is 15.9 Å². The van der Waals surface area contributed by atoms with E-state index < -0.39 is 11.6 Å². The predicted molar refractivity (Wildman–Crippen MR) is 112 cm³/mol. The second kappa shape index (κ2) is 9.24. The quantitative estimate of drug-likeness (QED) is 0.573. The Morgan fingerprint density at radius 2 is 1.97 bits per heavy atom. The van der Waals surface area contributed by atoms with Crippen LogP contribution in [0.2, 0.25) is 0 Å². The number of aromatic nitrogens is 2. The van der Waals surface area contributed by atoms with Gasteiger partial charge in [0.2, 0.25) is 5.82 Å². The first kappa shape index (κ1) is 20.3. The van der Waals surface area contributed by atoms with Gasteiger partial charge in [0.1, 0.15) is 5.82 Å². The van der Waals surface area contributed by atoms with E-state index in [9.17, 15) is 8.78 Å². The Kier molecular flexibility index (Phi) is 6.26. The SMILES string of the molecule is C=N/C=C(\C=NCc1ncccn1)C1CC1c1cc(F)c(F)c(OC2CCCC2)c1. The molecule has 2 saturated carbocycles. The Balaban J connectivity index is 1.46. The third-order valence-corrected chi connectivity index (χ3v) is 5.59. The van der Waals surface area contributed by atoms with Crippen molar-refractivity contribution in [3.8, 4) is 5.75 Å². The van der Waals surface area contributed by atoms with Gasteiger partial charge < -0.3 is 4.74 Å². The standard InChI is InChI=1S/C23H24F2N4O/c1-26-12-16(13-27-14-22-28-7-4-8-29-22)19-11-18(19)15-9-20(24)23(25)21(10-15)30-17-5-2-3-6-17/h4,7-10,12-13,17-19H,1-3,5-6,11,14H2/b16-12+,27-13?. The molecular formula is C23H24F2N4O. The molecular weight excluding hydrogens is 386 g/mol. The summed E-state index contributed by atoms with van der Waals surface area (Å²) >= 11 is 0. The van der Waals surface area contributed by atoms with Crippen molar-refractivity contribution in [2.75, 3.05) is 0 Å². The van der Waals surface area contributed by atoms with Crippen LogP contribution in [-0.4, -0.2) is 29.0 Å². The van der Waals surface area contributed by atoms with Gasteiger partial charge in [0, 0.05) is 24.8 Å². The molecule has 4 rings (SSSR count). The first-order valence-electron chi connectivity index (χ1n) is 10.2. The van der Waals surface area contributed by atoms with Crippen LogP contribution in [0.15, 0.2) is 52.4 Å². The summed E-state index contributed by atoms with van der Waals surface area (Å²) in [5.74, 6) is -0.936. The summed E-state index contributed by atoms with van der Waals surface area (Å²) < 4.78 is 34.2. The first-order valence-corrected chi connectivity index (χ1v) is 10.2. The van der Waals surface area contributed by atoms with Crippen LogP contribution in [0.25, 0.3) is 0 Å². The lowest BCUT2D eigenvalue weighted by atomic mass is 10.0. The lowest BCUT2D eigenvalue weighted by Crippen LogP contribution is -2.12. The number of hydrogen-bond acceptors (Lipinski definition) is 5. The molecule has 156 valence electrons. The zero-order valence-corrected chi connectivity index (χ0v) is 16.7. The van der Waals surface area contributed by atoms with Crippen molar-refractivity contribution in [1.29, 1.82) is 0 Å². The maximum atomic E-state index is 14.3. The molecule has 0 radical (unpaired) electrons. The highest BCUT2D eigenvalue weighted by Gasteiger charge is 2.41. The monoisotopic (exact) mass is 410 g/mol. The molecule has 2 aliphatic rings. The van der Waals surface area contributed by atoms with Crippen LogP contribution < -0.4 is 4.74 Å². The predicted octanol–water partition coefficient (Wildman–Crippen LogP) is 5.04. The average molecular weight is 410 g/mol. The zero-order valence-electron chi connectivity index (χ0n) is 16.7. The smallest absolute Gasteiger partial charge is 0.200 e. The third-order valence-electron chi connectivity index (χ3n) is 5.59. The van der Waals surface area contributed by atoms with Crippen LogP contribution >= 0.6 is 0 Å². The Morgan fingerprint density at radius 3 is 2.70 bits per heavy atom.